The van der Waals surface area contributed by atoms with Crippen LogP contribution in [0.5, 0.6) is 0 Å². The molecule has 0 aliphatic carbocycles. The third kappa shape index (κ3) is 4.92. The van der Waals surface area contributed by atoms with E-state index in [-0.39, 0.29) is 17.0 Å². The lowest BCUT2D eigenvalue weighted by molar-refractivity contribution is 0.366. The maximum absolute atomic E-state index is 9.93. The van der Waals surface area contributed by atoms with Gasteiger partial charge in [-0.3, -0.25) is 0 Å². The third-order valence-electron chi connectivity index (χ3n) is 2.39. The molecule has 0 aliphatic heterocycles. The molecule has 1 aromatic carbocycles. The highest BCUT2D eigenvalue weighted by Gasteiger charge is 2.14. The summed E-state index contributed by atoms with van der Waals surface area (Å²) in [5.74, 6) is 0.122. The summed E-state index contributed by atoms with van der Waals surface area (Å²) < 4.78 is 0. The molecule has 2 N–H and O–H groups in total. The molecule has 0 saturated heterocycles. The molecule has 1 aromatic rings. The van der Waals surface area contributed by atoms with Gasteiger partial charge in [-0.15, -0.1) is 0 Å². The molecule has 0 radical (unpaired) electrons. The number of nitrogens with zero attached hydrogens (tertiary/aromatic N) is 1. The Hall–Kier alpha value is -1.95. The summed E-state index contributed by atoms with van der Waals surface area (Å²) in [5.41, 5.74) is 1.18. The van der Waals surface area contributed by atoms with Crippen LogP contribution in [0.25, 0.3) is 0 Å². The number of aliphatic hydroxyl groups is 1. The Balaban J connectivity index is 2.67. The van der Waals surface area contributed by atoms with Gasteiger partial charge in [-0.1, -0.05) is 30.3 Å². The molecule has 96 valence electrons. The van der Waals surface area contributed by atoms with Gasteiger partial charge >= 0.3 is 0 Å². The minimum Gasteiger partial charge on any atom is -0.509 e. The molecule has 0 heterocycles. The second-order valence-electron chi connectivity index (χ2n) is 5.29. The first-order valence-corrected chi connectivity index (χ1v) is 6.07. The quantitative estimate of drug-likeness (QED) is 0.631. The van der Waals surface area contributed by atoms with Crippen molar-refractivity contribution < 1.29 is 5.11 Å². The molecule has 0 atom stereocenters. The van der Waals surface area contributed by atoms with Gasteiger partial charge in [0.05, 0.1) is 0 Å². The van der Waals surface area contributed by atoms with Crippen LogP contribution >= 0.6 is 0 Å². The van der Waals surface area contributed by atoms with Gasteiger partial charge in [0.2, 0.25) is 0 Å². The van der Waals surface area contributed by atoms with Crippen LogP contribution in [0.15, 0.2) is 41.8 Å². The zero-order chi connectivity index (χ0) is 13.6. The lowest BCUT2D eigenvalue weighted by atomic mass is 10.1. The summed E-state index contributed by atoms with van der Waals surface area (Å²) in [7, 11) is 0. The third-order valence-corrected chi connectivity index (χ3v) is 2.39. The van der Waals surface area contributed by atoms with E-state index in [1.54, 1.807) is 0 Å². The van der Waals surface area contributed by atoms with Crippen LogP contribution in [0.2, 0.25) is 0 Å². The van der Waals surface area contributed by atoms with Crippen molar-refractivity contribution in [3.05, 3.63) is 47.4 Å². The Morgan fingerprint density at radius 1 is 1.28 bits per heavy atom. The van der Waals surface area contributed by atoms with Crippen LogP contribution in [0.4, 0.5) is 0 Å². The van der Waals surface area contributed by atoms with Crippen molar-refractivity contribution in [2.75, 3.05) is 0 Å². The SMILES string of the molecule is CC(C)(C)N/C(C#N)=C(\O)CCc1ccccc1. The Labute approximate surface area is 109 Å². The van der Waals surface area contributed by atoms with Crippen LogP contribution in [0.1, 0.15) is 32.8 Å². The first-order valence-electron chi connectivity index (χ1n) is 6.07. The largest absolute Gasteiger partial charge is 0.509 e. The van der Waals surface area contributed by atoms with Crippen LogP contribution < -0.4 is 5.32 Å². The van der Waals surface area contributed by atoms with E-state index in [1.165, 1.54) is 0 Å². The number of aliphatic hydroxyl groups excluding tert-OH is 1. The van der Waals surface area contributed by atoms with E-state index in [9.17, 15) is 5.11 Å². The summed E-state index contributed by atoms with van der Waals surface area (Å²) in [6.07, 6.45) is 1.19. The Morgan fingerprint density at radius 2 is 1.89 bits per heavy atom. The lowest BCUT2D eigenvalue weighted by Crippen LogP contribution is -2.35. The number of nitrogens with one attached hydrogen (secondary N) is 1. The predicted octanol–water partition coefficient (Wildman–Crippen LogP) is 3.30. The molecule has 3 nitrogen and oxygen atoms in total. The molecule has 1 rings (SSSR count). The highest BCUT2D eigenvalue weighted by atomic mass is 16.3. The summed E-state index contributed by atoms with van der Waals surface area (Å²) in [4.78, 5) is 0. The second-order valence-corrected chi connectivity index (χ2v) is 5.29. The van der Waals surface area contributed by atoms with Crippen molar-refractivity contribution in [2.24, 2.45) is 0 Å². The number of hydrogen-bond acceptors (Lipinski definition) is 3. The smallest absolute Gasteiger partial charge is 0.151 e. The lowest BCUT2D eigenvalue weighted by Gasteiger charge is -2.21. The Kier molecular flexibility index (Phi) is 4.79. The van der Waals surface area contributed by atoms with Crippen LogP contribution in [0.3, 0.4) is 0 Å². The summed E-state index contributed by atoms with van der Waals surface area (Å²) in [6.45, 7) is 5.86. The van der Waals surface area contributed by atoms with Gasteiger partial charge in [-0.25, -0.2) is 0 Å². The number of benzene rings is 1. The molecule has 0 aliphatic rings. The molecule has 18 heavy (non-hydrogen) atoms. The van der Waals surface area contributed by atoms with Gasteiger partial charge < -0.3 is 10.4 Å². The van der Waals surface area contributed by atoms with Crippen molar-refractivity contribution in [3.63, 3.8) is 0 Å². The Bertz CT molecular complexity index is 450. The molecule has 0 spiro atoms. The molecule has 0 unspecified atom stereocenters. The fraction of sp³-hybridized carbons (Fsp3) is 0.400. The average Bonchev–Trinajstić information content (AvgIpc) is 2.33. The minimum absolute atomic E-state index is 0.122. The van der Waals surface area contributed by atoms with E-state index in [2.05, 4.69) is 5.32 Å². The normalized spacial score (nSPS) is 12.6. The first kappa shape index (κ1) is 14.1. The van der Waals surface area contributed by atoms with E-state index < -0.39 is 0 Å². The highest BCUT2D eigenvalue weighted by molar-refractivity contribution is 5.25. The monoisotopic (exact) mass is 244 g/mol. The van der Waals surface area contributed by atoms with Gasteiger partial charge in [-0.2, -0.15) is 5.26 Å². The van der Waals surface area contributed by atoms with Gasteiger partial charge in [-0.05, 0) is 32.8 Å². The van der Waals surface area contributed by atoms with Gasteiger partial charge in [0.1, 0.15) is 11.8 Å². The number of rotatable bonds is 4. The van der Waals surface area contributed by atoms with Crippen molar-refractivity contribution in [1.29, 1.82) is 5.26 Å². The standard InChI is InChI=1S/C15H20N2O/c1-15(2,3)17-13(11-16)14(18)10-9-12-7-5-4-6-8-12/h4-8,17-18H,9-10H2,1-3H3/b14-13-. The maximum Gasteiger partial charge on any atom is 0.151 e. The molecule has 0 amide bonds. The van der Waals surface area contributed by atoms with E-state index in [4.69, 9.17) is 5.26 Å². The van der Waals surface area contributed by atoms with Crippen LogP contribution in [-0.4, -0.2) is 10.6 Å². The summed E-state index contributed by atoms with van der Waals surface area (Å²) in [6, 6.07) is 11.9. The van der Waals surface area contributed by atoms with Crippen molar-refractivity contribution in [1.82, 2.24) is 5.32 Å². The van der Waals surface area contributed by atoms with E-state index in [0.717, 1.165) is 12.0 Å². The van der Waals surface area contributed by atoms with Crippen molar-refractivity contribution >= 4 is 0 Å². The number of hydrogen-bond donors (Lipinski definition) is 2. The fourth-order valence-corrected chi connectivity index (χ4v) is 1.57. The number of nitriles is 1. The van der Waals surface area contributed by atoms with E-state index >= 15 is 0 Å². The zero-order valence-corrected chi connectivity index (χ0v) is 11.2. The average molecular weight is 244 g/mol. The first-order chi connectivity index (χ1) is 8.42. The molecule has 0 aromatic heterocycles. The molecule has 0 bridgehead atoms. The molecular weight excluding hydrogens is 224 g/mol. The van der Waals surface area contributed by atoms with Crippen molar-refractivity contribution in [2.45, 2.75) is 39.2 Å². The van der Waals surface area contributed by atoms with Gasteiger partial charge in [0.25, 0.3) is 0 Å². The molecular formula is C15H20N2O. The molecule has 3 heteroatoms. The van der Waals surface area contributed by atoms with Gasteiger partial charge in [0.15, 0.2) is 5.70 Å². The Morgan fingerprint density at radius 3 is 2.39 bits per heavy atom. The predicted molar refractivity (Wildman–Crippen MR) is 72.9 cm³/mol. The summed E-state index contributed by atoms with van der Waals surface area (Å²) in [5, 5.41) is 22.0. The van der Waals surface area contributed by atoms with Crippen LogP contribution in [-0.2, 0) is 6.42 Å². The van der Waals surface area contributed by atoms with E-state index in [0.29, 0.717) is 6.42 Å². The van der Waals surface area contributed by atoms with Crippen LogP contribution in [0, 0.1) is 11.3 Å². The van der Waals surface area contributed by atoms with E-state index in [1.807, 2.05) is 57.2 Å². The highest BCUT2D eigenvalue weighted by Crippen LogP contribution is 2.12. The maximum atomic E-state index is 9.93. The minimum atomic E-state index is -0.230. The van der Waals surface area contributed by atoms with Gasteiger partial charge in [0, 0.05) is 12.0 Å². The molecule has 0 fully saturated rings. The zero-order valence-electron chi connectivity index (χ0n) is 11.2. The topological polar surface area (TPSA) is 56.0 Å². The number of allylic oxidation sites excluding steroid dienone is 2. The molecule has 0 saturated carbocycles. The fourth-order valence-electron chi connectivity index (χ4n) is 1.57. The van der Waals surface area contributed by atoms with Crippen molar-refractivity contribution in [3.8, 4) is 6.07 Å². The summed E-state index contributed by atoms with van der Waals surface area (Å²) >= 11 is 0. The number of aryl methyl sites for hydroxylation is 1. The second kappa shape index (κ2) is 6.11.